The molecule has 0 aliphatic rings. The Morgan fingerprint density at radius 1 is 1.39 bits per heavy atom. The highest BCUT2D eigenvalue weighted by Crippen LogP contribution is 2.10. The minimum atomic E-state index is -0.161. The second kappa shape index (κ2) is 6.23. The number of pyridine rings is 1. The van der Waals surface area contributed by atoms with Crippen molar-refractivity contribution >= 4 is 17.2 Å². The normalized spacial score (nSPS) is 10.3. The summed E-state index contributed by atoms with van der Waals surface area (Å²) in [6, 6.07) is 3.72. The molecule has 0 fully saturated rings. The molecule has 6 heteroatoms. The molecule has 0 saturated heterocycles. The fourth-order valence-corrected chi connectivity index (χ4v) is 2.22. The molecule has 0 aliphatic carbocycles. The van der Waals surface area contributed by atoms with Gasteiger partial charge in [0.25, 0.3) is 5.91 Å². The van der Waals surface area contributed by atoms with Crippen LogP contribution in [0.2, 0.25) is 0 Å². The van der Waals surface area contributed by atoms with E-state index in [0.29, 0.717) is 25.2 Å². The molecule has 0 spiro atoms. The topological polar surface area (TPSA) is 80.9 Å². The molecule has 0 radical (unpaired) electrons. The van der Waals surface area contributed by atoms with Gasteiger partial charge in [-0.25, -0.2) is 4.98 Å². The Kier molecular flexibility index (Phi) is 4.38. The van der Waals surface area contributed by atoms with Crippen molar-refractivity contribution in [2.24, 2.45) is 5.73 Å². The summed E-state index contributed by atoms with van der Waals surface area (Å²) in [5.41, 5.74) is 6.91. The van der Waals surface area contributed by atoms with Crippen molar-refractivity contribution in [1.29, 1.82) is 0 Å². The van der Waals surface area contributed by atoms with Crippen LogP contribution in [0.5, 0.6) is 0 Å². The highest BCUT2D eigenvalue weighted by molar-refractivity contribution is 7.09. The van der Waals surface area contributed by atoms with E-state index in [4.69, 9.17) is 5.73 Å². The summed E-state index contributed by atoms with van der Waals surface area (Å²) in [7, 11) is 0. The molecule has 5 nitrogen and oxygen atoms in total. The van der Waals surface area contributed by atoms with Gasteiger partial charge in [0.15, 0.2) is 0 Å². The minimum absolute atomic E-state index is 0.161. The Labute approximate surface area is 109 Å². The van der Waals surface area contributed by atoms with E-state index >= 15 is 0 Å². The van der Waals surface area contributed by atoms with Crippen LogP contribution in [-0.4, -0.2) is 22.4 Å². The number of carbonyl (C=O) groups is 1. The first kappa shape index (κ1) is 12.7. The number of rotatable bonds is 5. The van der Waals surface area contributed by atoms with Gasteiger partial charge in [-0.05, 0) is 24.2 Å². The maximum atomic E-state index is 11.8. The van der Waals surface area contributed by atoms with E-state index in [2.05, 4.69) is 15.3 Å². The van der Waals surface area contributed by atoms with Crippen LogP contribution < -0.4 is 11.1 Å². The number of nitrogens with zero attached hydrogens (tertiary/aromatic N) is 2. The molecule has 0 bridgehead atoms. The van der Waals surface area contributed by atoms with Gasteiger partial charge in [-0.3, -0.25) is 9.78 Å². The highest BCUT2D eigenvalue weighted by atomic mass is 32.1. The van der Waals surface area contributed by atoms with Gasteiger partial charge in [0.1, 0.15) is 5.69 Å². The molecular formula is C12H14N4OS. The van der Waals surface area contributed by atoms with Crippen LogP contribution >= 0.6 is 11.3 Å². The number of nitrogens with two attached hydrogens (primary N) is 1. The minimum Gasteiger partial charge on any atom is -0.347 e. The molecule has 0 unspecified atom stereocenters. The largest absolute Gasteiger partial charge is 0.347 e. The number of hydrogen-bond acceptors (Lipinski definition) is 5. The Bertz CT molecular complexity index is 512. The van der Waals surface area contributed by atoms with Crippen molar-refractivity contribution in [1.82, 2.24) is 15.3 Å². The number of amides is 1. The van der Waals surface area contributed by atoms with Gasteiger partial charge in [-0.15, -0.1) is 11.3 Å². The average Bonchev–Trinajstić information content (AvgIpc) is 2.86. The Hall–Kier alpha value is -1.79. The zero-order valence-electron chi connectivity index (χ0n) is 9.80. The lowest BCUT2D eigenvalue weighted by atomic mass is 10.2. The van der Waals surface area contributed by atoms with Gasteiger partial charge >= 0.3 is 0 Å². The van der Waals surface area contributed by atoms with Gasteiger partial charge in [-0.1, -0.05) is 0 Å². The van der Waals surface area contributed by atoms with Gasteiger partial charge in [0, 0.05) is 30.7 Å². The summed E-state index contributed by atoms with van der Waals surface area (Å²) >= 11 is 1.46. The summed E-state index contributed by atoms with van der Waals surface area (Å²) in [5, 5.41) is 5.47. The zero-order chi connectivity index (χ0) is 12.8. The molecule has 2 aromatic heterocycles. The first-order valence-electron chi connectivity index (χ1n) is 5.61. The quantitative estimate of drug-likeness (QED) is 0.841. The smallest absolute Gasteiger partial charge is 0.271 e. The molecule has 0 saturated carbocycles. The molecule has 2 aromatic rings. The van der Waals surface area contributed by atoms with E-state index in [1.54, 1.807) is 17.8 Å². The van der Waals surface area contributed by atoms with E-state index in [1.165, 1.54) is 11.3 Å². The van der Waals surface area contributed by atoms with Gasteiger partial charge in [0.2, 0.25) is 0 Å². The van der Waals surface area contributed by atoms with E-state index in [-0.39, 0.29) is 5.91 Å². The third-order valence-electron chi connectivity index (χ3n) is 2.35. The number of aromatic nitrogens is 2. The van der Waals surface area contributed by atoms with E-state index in [1.807, 2.05) is 12.1 Å². The molecule has 0 aliphatic heterocycles. The predicted octanol–water partition coefficient (Wildman–Crippen LogP) is 0.969. The first-order valence-corrected chi connectivity index (χ1v) is 6.49. The predicted molar refractivity (Wildman–Crippen MR) is 70.3 cm³/mol. The molecule has 94 valence electrons. The molecule has 0 aromatic carbocycles. The molecule has 18 heavy (non-hydrogen) atoms. The van der Waals surface area contributed by atoms with Crippen LogP contribution in [0.1, 0.15) is 21.1 Å². The van der Waals surface area contributed by atoms with Crippen LogP contribution in [-0.2, 0) is 13.0 Å². The molecule has 1 amide bonds. The Balaban J connectivity index is 1.91. The second-order valence-corrected chi connectivity index (χ2v) is 4.65. The van der Waals surface area contributed by atoms with E-state index in [9.17, 15) is 4.79 Å². The lowest BCUT2D eigenvalue weighted by Gasteiger charge is -2.02. The van der Waals surface area contributed by atoms with Crippen LogP contribution in [0.15, 0.2) is 29.9 Å². The van der Waals surface area contributed by atoms with Crippen molar-refractivity contribution in [3.05, 3.63) is 46.2 Å². The van der Waals surface area contributed by atoms with Crippen molar-refractivity contribution in [3.63, 3.8) is 0 Å². The lowest BCUT2D eigenvalue weighted by Crippen LogP contribution is -2.23. The van der Waals surface area contributed by atoms with Crippen LogP contribution in [0.25, 0.3) is 0 Å². The van der Waals surface area contributed by atoms with Crippen molar-refractivity contribution in [3.8, 4) is 0 Å². The maximum Gasteiger partial charge on any atom is 0.271 e. The summed E-state index contributed by atoms with van der Waals surface area (Å²) in [6.07, 6.45) is 4.11. The Morgan fingerprint density at radius 2 is 2.17 bits per heavy atom. The summed E-state index contributed by atoms with van der Waals surface area (Å²) in [5.74, 6) is -0.161. The third-order valence-corrected chi connectivity index (χ3v) is 3.25. The molecule has 3 N–H and O–H groups in total. The number of carbonyl (C=O) groups excluding carboxylic acids is 1. The van der Waals surface area contributed by atoms with Crippen LogP contribution in [0.4, 0.5) is 0 Å². The zero-order valence-corrected chi connectivity index (χ0v) is 10.6. The van der Waals surface area contributed by atoms with Crippen LogP contribution in [0, 0.1) is 0 Å². The SMILES string of the molecule is NCCc1nc(C(=O)NCc2ccncc2)cs1. The number of hydrogen-bond donors (Lipinski definition) is 2. The van der Waals surface area contributed by atoms with Crippen molar-refractivity contribution in [2.45, 2.75) is 13.0 Å². The summed E-state index contributed by atoms with van der Waals surface area (Å²) < 4.78 is 0. The van der Waals surface area contributed by atoms with E-state index in [0.717, 1.165) is 10.6 Å². The van der Waals surface area contributed by atoms with E-state index < -0.39 is 0 Å². The number of nitrogens with one attached hydrogen (secondary N) is 1. The average molecular weight is 262 g/mol. The fraction of sp³-hybridized carbons (Fsp3) is 0.250. The molecular weight excluding hydrogens is 248 g/mol. The standard InChI is InChI=1S/C12H14N4OS/c13-4-1-11-16-10(8-18-11)12(17)15-7-9-2-5-14-6-3-9/h2-3,5-6,8H,1,4,7,13H2,(H,15,17). The molecule has 2 rings (SSSR count). The third kappa shape index (κ3) is 3.35. The second-order valence-electron chi connectivity index (χ2n) is 3.70. The van der Waals surface area contributed by atoms with Crippen LogP contribution in [0.3, 0.4) is 0 Å². The van der Waals surface area contributed by atoms with Gasteiger partial charge < -0.3 is 11.1 Å². The van der Waals surface area contributed by atoms with Crippen molar-refractivity contribution < 1.29 is 4.79 Å². The highest BCUT2D eigenvalue weighted by Gasteiger charge is 2.09. The van der Waals surface area contributed by atoms with Crippen molar-refractivity contribution in [2.75, 3.05) is 6.54 Å². The Morgan fingerprint density at radius 3 is 2.89 bits per heavy atom. The summed E-state index contributed by atoms with van der Waals surface area (Å²) in [6.45, 7) is 1.02. The lowest BCUT2D eigenvalue weighted by molar-refractivity contribution is 0.0946. The maximum absolute atomic E-state index is 11.8. The fourth-order valence-electron chi connectivity index (χ4n) is 1.43. The molecule has 2 heterocycles. The van der Waals surface area contributed by atoms with Gasteiger partial charge in [-0.2, -0.15) is 0 Å². The van der Waals surface area contributed by atoms with Gasteiger partial charge in [0.05, 0.1) is 5.01 Å². The number of thiazole rings is 1. The molecule has 0 atom stereocenters. The first-order chi connectivity index (χ1) is 8.79. The summed E-state index contributed by atoms with van der Waals surface area (Å²) in [4.78, 5) is 20.0. The monoisotopic (exact) mass is 262 g/mol.